The van der Waals surface area contributed by atoms with Crippen LogP contribution in [0.5, 0.6) is 0 Å². The van der Waals surface area contributed by atoms with Gasteiger partial charge in [-0.05, 0) is 56.0 Å². The van der Waals surface area contributed by atoms with E-state index < -0.39 is 0 Å². The van der Waals surface area contributed by atoms with Gasteiger partial charge < -0.3 is 0 Å². The average Bonchev–Trinajstić information content (AvgIpc) is 2.48. The second-order valence-electron chi connectivity index (χ2n) is 5.26. The van der Waals surface area contributed by atoms with E-state index in [0.29, 0.717) is 0 Å². The van der Waals surface area contributed by atoms with Crippen LogP contribution in [0, 0.1) is 6.92 Å². The summed E-state index contributed by atoms with van der Waals surface area (Å²) in [5, 5.41) is 0. The van der Waals surface area contributed by atoms with Crippen molar-refractivity contribution in [1.29, 1.82) is 0 Å². The number of rotatable bonds is 2. The minimum absolute atomic E-state index is 1.04. The van der Waals surface area contributed by atoms with Crippen LogP contribution in [-0.4, -0.2) is 9.97 Å². The molecule has 0 saturated heterocycles. The van der Waals surface area contributed by atoms with Crippen molar-refractivity contribution in [3.8, 4) is 11.1 Å². The molecule has 2 heterocycles. The standard InChI is InChI=1S/C18H18N2/c1-13-6-3-4-8-17(13)18-11-16(10-14(2)20-18)15-7-5-9-19-12-15/h4-5,7-12H,3,6H2,1-2H3. The number of allylic oxidation sites excluding steroid dienone is 4. The van der Waals surface area contributed by atoms with Gasteiger partial charge in [-0.1, -0.05) is 23.8 Å². The normalized spacial score (nSPS) is 14.7. The fourth-order valence-electron chi connectivity index (χ4n) is 2.59. The zero-order chi connectivity index (χ0) is 13.9. The van der Waals surface area contributed by atoms with Crippen molar-refractivity contribution in [2.45, 2.75) is 26.7 Å². The van der Waals surface area contributed by atoms with E-state index in [4.69, 9.17) is 4.98 Å². The van der Waals surface area contributed by atoms with E-state index in [0.717, 1.165) is 29.8 Å². The Balaban J connectivity index is 2.10. The van der Waals surface area contributed by atoms with Gasteiger partial charge in [0.05, 0.1) is 5.69 Å². The maximum absolute atomic E-state index is 4.70. The molecule has 0 atom stereocenters. The lowest BCUT2D eigenvalue weighted by atomic mass is 9.95. The van der Waals surface area contributed by atoms with Crippen LogP contribution in [0.1, 0.15) is 31.2 Å². The highest BCUT2D eigenvalue weighted by Crippen LogP contribution is 2.29. The van der Waals surface area contributed by atoms with Crippen molar-refractivity contribution in [1.82, 2.24) is 9.97 Å². The molecule has 2 aromatic heterocycles. The molecule has 1 aliphatic rings. The third kappa shape index (κ3) is 2.55. The summed E-state index contributed by atoms with van der Waals surface area (Å²) < 4.78 is 0. The predicted octanol–water partition coefficient (Wildman–Crippen LogP) is 4.58. The molecule has 0 N–H and O–H groups in total. The molecular formula is C18H18N2. The van der Waals surface area contributed by atoms with Gasteiger partial charge in [-0.15, -0.1) is 0 Å². The molecule has 0 aliphatic heterocycles. The molecule has 0 bridgehead atoms. The number of nitrogens with zero attached hydrogens (tertiary/aromatic N) is 2. The van der Waals surface area contributed by atoms with Crippen LogP contribution in [-0.2, 0) is 0 Å². The van der Waals surface area contributed by atoms with Crippen molar-refractivity contribution in [2.75, 3.05) is 0 Å². The van der Waals surface area contributed by atoms with Gasteiger partial charge in [0.1, 0.15) is 0 Å². The molecule has 0 aromatic carbocycles. The van der Waals surface area contributed by atoms with Crippen LogP contribution in [0.3, 0.4) is 0 Å². The van der Waals surface area contributed by atoms with Crippen LogP contribution < -0.4 is 0 Å². The Morgan fingerprint density at radius 2 is 2.00 bits per heavy atom. The van der Waals surface area contributed by atoms with E-state index in [1.807, 2.05) is 19.2 Å². The average molecular weight is 262 g/mol. The third-order valence-corrected chi connectivity index (χ3v) is 3.65. The van der Waals surface area contributed by atoms with Crippen LogP contribution in [0.25, 0.3) is 16.7 Å². The summed E-state index contributed by atoms with van der Waals surface area (Å²) in [4.78, 5) is 8.91. The zero-order valence-corrected chi connectivity index (χ0v) is 11.9. The summed E-state index contributed by atoms with van der Waals surface area (Å²) in [5.74, 6) is 0. The van der Waals surface area contributed by atoms with Crippen molar-refractivity contribution in [2.24, 2.45) is 0 Å². The quantitative estimate of drug-likeness (QED) is 0.792. The van der Waals surface area contributed by atoms with E-state index in [2.05, 4.69) is 42.3 Å². The summed E-state index contributed by atoms with van der Waals surface area (Å²) in [5.41, 5.74) is 7.11. The van der Waals surface area contributed by atoms with Crippen molar-refractivity contribution < 1.29 is 0 Å². The number of aryl methyl sites for hydroxylation is 1. The maximum atomic E-state index is 4.70. The highest BCUT2D eigenvalue weighted by Gasteiger charge is 2.10. The van der Waals surface area contributed by atoms with Gasteiger partial charge >= 0.3 is 0 Å². The lowest BCUT2D eigenvalue weighted by molar-refractivity contribution is 0.963. The molecule has 1 aliphatic carbocycles. The highest BCUT2D eigenvalue weighted by molar-refractivity contribution is 5.78. The fraction of sp³-hybridized carbons (Fsp3) is 0.222. The van der Waals surface area contributed by atoms with Crippen molar-refractivity contribution >= 4 is 5.57 Å². The molecule has 0 saturated carbocycles. The van der Waals surface area contributed by atoms with Crippen LogP contribution in [0.15, 0.2) is 54.4 Å². The Bertz CT molecular complexity index is 682. The van der Waals surface area contributed by atoms with E-state index in [1.165, 1.54) is 16.7 Å². The first-order valence-corrected chi connectivity index (χ1v) is 7.00. The Kier molecular flexibility index (Phi) is 3.46. The van der Waals surface area contributed by atoms with Gasteiger partial charge in [-0.3, -0.25) is 9.97 Å². The van der Waals surface area contributed by atoms with Crippen molar-refractivity contribution in [3.63, 3.8) is 0 Å². The number of hydrogen-bond acceptors (Lipinski definition) is 2. The highest BCUT2D eigenvalue weighted by atomic mass is 14.7. The van der Waals surface area contributed by atoms with Crippen LogP contribution in [0.4, 0.5) is 0 Å². The minimum Gasteiger partial charge on any atom is -0.264 e. The third-order valence-electron chi connectivity index (χ3n) is 3.65. The smallest absolute Gasteiger partial charge is 0.0710 e. The summed E-state index contributed by atoms with van der Waals surface area (Å²) in [6, 6.07) is 8.33. The Labute approximate surface area is 119 Å². The Morgan fingerprint density at radius 1 is 1.10 bits per heavy atom. The van der Waals surface area contributed by atoms with Gasteiger partial charge in [0, 0.05) is 23.7 Å². The van der Waals surface area contributed by atoms with Crippen LogP contribution in [0.2, 0.25) is 0 Å². The molecular weight excluding hydrogens is 244 g/mol. The first-order valence-electron chi connectivity index (χ1n) is 7.00. The molecule has 3 rings (SSSR count). The molecule has 2 nitrogen and oxygen atoms in total. The molecule has 0 spiro atoms. The first-order chi connectivity index (χ1) is 9.74. The largest absolute Gasteiger partial charge is 0.264 e. The monoisotopic (exact) mass is 262 g/mol. The van der Waals surface area contributed by atoms with Gasteiger partial charge in [0.15, 0.2) is 0 Å². The molecule has 2 heteroatoms. The fourth-order valence-corrected chi connectivity index (χ4v) is 2.59. The second kappa shape index (κ2) is 5.41. The minimum atomic E-state index is 1.04. The van der Waals surface area contributed by atoms with Gasteiger partial charge in [-0.25, -0.2) is 0 Å². The molecule has 0 fully saturated rings. The summed E-state index contributed by atoms with van der Waals surface area (Å²) in [7, 11) is 0. The van der Waals surface area contributed by atoms with Gasteiger partial charge in [-0.2, -0.15) is 0 Å². The molecule has 0 amide bonds. The van der Waals surface area contributed by atoms with Gasteiger partial charge in [0.25, 0.3) is 0 Å². The lowest BCUT2D eigenvalue weighted by Crippen LogP contribution is -1.97. The van der Waals surface area contributed by atoms with Crippen LogP contribution >= 0.6 is 0 Å². The SMILES string of the molecule is CC1=C(c2cc(-c3cccnc3)cc(C)n2)C=CCC1. The first kappa shape index (κ1) is 12.8. The Morgan fingerprint density at radius 3 is 2.75 bits per heavy atom. The second-order valence-corrected chi connectivity index (χ2v) is 5.26. The number of hydrogen-bond donors (Lipinski definition) is 0. The molecule has 100 valence electrons. The maximum Gasteiger partial charge on any atom is 0.0710 e. The van der Waals surface area contributed by atoms with E-state index in [-0.39, 0.29) is 0 Å². The lowest BCUT2D eigenvalue weighted by Gasteiger charge is -2.14. The molecule has 2 aromatic rings. The number of aromatic nitrogens is 2. The Hall–Kier alpha value is -2.22. The summed E-state index contributed by atoms with van der Waals surface area (Å²) >= 11 is 0. The number of pyridine rings is 2. The topological polar surface area (TPSA) is 25.8 Å². The van der Waals surface area contributed by atoms with E-state index >= 15 is 0 Å². The van der Waals surface area contributed by atoms with Gasteiger partial charge in [0.2, 0.25) is 0 Å². The molecule has 20 heavy (non-hydrogen) atoms. The van der Waals surface area contributed by atoms with E-state index in [1.54, 1.807) is 6.20 Å². The molecule has 0 unspecified atom stereocenters. The summed E-state index contributed by atoms with van der Waals surface area (Å²) in [6.45, 7) is 4.25. The zero-order valence-electron chi connectivity index (χ0n) is 11.9. The van der Waals surface area contributed by atoms with Crippen molar-refractivity contribution in [3.05, 3.63) is 65.8 Å². The van der Waals surface area contributed by atoms with E-state index in [9.17, 15) is 0 Å². The predicted molar refractivity (Wildman–Crippen MR) is 83.2 cm³/mol. The molecule has 0 radical (unpaired) electrons. The summed E-state index contributed by atoms with van der Waals surface area (Å²) in [6.07, 6.45) is 10.4.